The molecule has 1 atom stereocenters. The van der Waals surface area contributed by atoms with Crippen molar-refractivity contribution in [3.05, 3.63) is 37.1 Å². The Bertz CT molecular complexity index is 582. The molecule has 1 amide bonds. The van der Waals surface area contributed by atoms with Crippen molar-refractivity contribution in [2.24, 2.45) is 5.73 Å². The third-order valence-electron chi connectivity index (χ3n) is 2.46. The van der Waals surface area contributed by atoms with Gasteiger partial charge in [-0.1, -0.05) is 0 Å². The highest BCUT2D eigenvalue weighted by molar-refractivity contribution is 5.94. The number of hydrogen-bond acceptors (Lipinski definition) is 4. The molecule has 6 heteroatoms. The minimum Gasteiger partial charge on any atom is -0.323 e. The summed E-state index contributed by atoms with van der Waals surface area (Å²) in [6.45, 7) is 0. The summed E-state index contributed by atoms with van der Waals surface area (Å²) in [6, 6.07) is 2.80. The molecule has 0 aliphatic heterocycles. The number of nitrogens with two attached hydrogens (primary N) is 1. The molecule has 6 nitrogen and oxygen atoms in total. The van der Waals surface area contributed by atoms with Crippen LogP contribution in [0.5, 0.6) is 0 Å². The second kappa shape index (κ2) is 5.80. The number of pyridine rings is 1. The van der Waals surface area contributed by atoms with Crippen LogP contribution < -0.4 is 11.1 Å². The number of rotatable bonds is 4. The molecule has 0 saturated carbocycles. The molecule has 2 rings (SSSR count). The maximum absolute atomic E-state index is 11.6. The van der Waals surface area contributed by atoms with Gasteiger partial charge >= 0.3 is 0 Å². The van der Waals surface area contributed by atoms with Gasteiger partial charge in [0.25, 0.3) is 0 Å². The number of aromatic nitrogens is 3. The zero-order valence-corrected chi connectivity index (χ0v) is 10.2. The Morgan fingerprint density at radius 1 is 1.58 bits per heavy atom. The maximum Gasteiger partial charge on any atom is 0.242 e. The Kier molecular flexibility index (Phi) is 3.90. The number of terminal acetylenes is 1. The molecule has 2 aromatic rings. The normalized spacial score (nSPS) is 11.6. The highest BCUT2D eigenvalue weighted by atomic mass is 16.2. The lowest BCUT2D eigenvalue weighted by Gasteiger charge is -2.09. The quantitative estimate of drug-likeness (QED) is 0.781. The minimum atomic E-state index is -0.710. The first kappa shape index (κ1) is 12.8. The molecule has 0 radical (unpaired) electrons. The van der Waals surface area contributed by atoms with Gasteiger partial charge in [0, 0.05) is 18.8 Å². The average Bonchev–Trinajstić information content (AvgIpc) is 2.94. The van der Waals surface area contributed by atoms with Crippen LogP contribution in [0.1, 0.15) is 6.42 Å². The molecule has 0 fully saturated rings. The van der Waals surface area contributed by atoms with Crippen molar-refractivity contribution in [2.45, 2.75) is 12.5 Å². The zero-order valence-electron chi connectivity index (χ0n) is 10.2. The van der Waals surface area contributed by atoms with E-state index in [4.69, 9.17) is 12.2 Å². The van der Waals surface area contributed by atoms with Gasteiger partial charge in [-0.25, -0.2) is 9.97 Å². The fraction of sp³-hybridized carbons (Fsp3) is 0.154. The van der Waals surface area contributed by atoms with E-state index in [0.29, 0.717) is 11.5 Å². The molecule has 2 aromatic heterocycles. The monoisotopic (exact) mass is 255 g/mol. The lowest BCUT2D eigenvalue weighted by atomic mass is 10.2. The number of imidazole rings is 1. The number of amides is 1. The van der Waals surface area contributed by atoms with Crippen LogP contribution in [0.2, 0.25) is 0 Å². The molecule has 19 heavy (non-hydrogen) atoms. The highest BCUT2D eigenvalue weighted by Crippen LogP contribution is 2.09. The predicted octanol–water partition coefficient (Wildman–Crippen LogP) is 0.556. The summed E-state index contributed by atoms with van der Waals surface area (Å²) in [5.74, 6) is 2.74. The topological polar surface area (TPSA) is 85.8 Å². The predicted molar refractivity (Wildman–Crippen MR) is 71.4 cm³/mol. The van der Waals surface area contributed by atoms with Crippen LogP contribution in [0.25, 0.3) is 5.82 Å². The Morgan fingerprint density at radius 2 is 2.42 bits per heavy atom. The second-order valence-corrected chi connectivity index (χ2v) is 3.88. The Morgan fingerprint density at radius 3 is 3.00 bits per heavy atom. The van der Waals surface area contributed by atoms with E-state index in [1.165, 1.54) is 0 Å². The van der Waals surface area contributed by atoms with Crippen LogP contribution in [-0.2, 0) is 4.79 Å². The summed E-state index contributed by atoms with van der Waals surface area (Å²) in [5, 5.41) is 2.65. The first-order chi connectivity index (χ1) is 9.20. The van der Waals surface area contributed by atoms with E-state index >= 15 is 0 Å². The molecule has 0 aliphatic rings. The van der Waals surface area contributed by atoms with Crippen molar-refractivity contribution in [1.29, 1.82) is 0 Å². The first-order valence-electron chi connectivity index (χ1n) is 5.65. The standard InChI is InChI=1S/C13H13N5O/c1-2-3-11(14)13(19)17-10-4-5-12(16-8-10)18-7-6-15-9-18/h1,4-9,11H,3,14H2,(H,17,19). The number of hydrogen-bond donors (Lipinski definition) is 2. The van der Waals surface area contributed by atoms with Crippen molar-refractivity contribution in [3.8, 4) is 18.2 Å². The van der Waals surface area contributed by atoms with Crippen LogP contribution in [0.4, 0.5) is 5.69 Å². The molecule has 0 aromatic carbocycles. The molecule has 0 aliphatic carbocycles. The molecule has 96 valence electrons. The lowest BCUT2D eigenvalue weighted by molar-refractivity contribution is -0.117. The van der Waals surface area contributed by atoms with E-state index in [0.717, 1.165) is 0 Å². The first-order valence-corrected chi connectivity index (χ1v) is 5.65. The summed E-state index contributed by atoms with van der Waals surface area (Å²) < 4.78 is 1.76. The van der Waals surface area contributed by atoms with E-state index in [-0.39, 0.29) is 12.3 Å². The van der Waals surface area contributed by atoms with Gasteiger partial charge in [-0.2, -0.15) is 0 Å². The molecule has 0 spiro atoms. The van der Waals surface area contributed by atoms with Gasteiger partial charge in [0.05, 0.1) is 17.9 Å². The van der Waals surface area contributed by atoms with E-state index in [9.17, 15) is 4.79 Å². The Labute approximate surface area is 110 Å². The Hall–Kier alpha value is -2.65. The van der Waals surface area contributed by atoms with Crippen molar-refractivity contribution in [2.75, 3.05) is 5.32 Å². The number of carbonyl (C=O) groups is 1. The SMILES string of the molecule is C#CCC(N)C(=O)Nc1ccc(-n2ccnc2)nc1. The van der Waals surface area contributed by atoms with Crippen LogP contribution in [0.15, 0.2) is 37.1 Å². The summed E-state index contributed by atoms with van der Waals surface area (Å²) >= 11 is 0. The molecule has 3 N–H and O–H groups in total. The summed E-state index contributed by atoms with van der Waals surface area (Å²) in [5.41, 5.74) is 6.17. The Balaban J connectivity index is 2.03. The molecular formula is C13H13N5O. The van der Waals surface area contributed by atoms with Gasteiger partial charge < -0.3 is 11.1 Å². The van der Waals surface area contributed by atoms with Gasteiger partial charge in [0.1, 0.15) is 12.1 Å². The van der Waals surface area contributed by atoms with Crippen molar-refractivity contribution in [1.82, 2.24) is 14.5 Å². The second-order valence-electron chi connectivity index (χ2n) is 3.88. The molecule has 2 heterocycles. The van der Waals surface area contributed by atoms with Gasteiger partial charge in [0.2, 0.25) is 5.91 Å². The average molecular weight is 255 g/mol. The third kappa shape index (κ3) is 3.18. The fourth-order valence-corrected chi connectivity index (χ4v) is 1.46. The fourth-order valence-electron chi connectivity index (χ4n) is 1.46. The van der Waals surface area contributed by atoms with Crippen LogP contribution in [-0.4, -0.2) is 26.5 Å². The maximum atomic E-state index is 11.6. The van der Waals surface area contributed by atoms with Gasteiger partial charge in [-0.3, -0.25) is 9.36 Å². The zero-order chi connectivity index (χ0) is 13.7. The number of nitrogens with zero attached hydrogens (tertiary/aromatic N) is 3. The van der Waals surface area contributed by atoms with Crippen molar-refractivity contribution < 1.29 is 4.79 Å². The van der Waals surface area contributed by atoms with Gasteiger partial charge in [-0.15, -0.1) is 12.3 Å². The molecular weight excluding hydrogens is 242 g/mol. The van der Waals surface area contributed by atoms with Crippen LogP contribution in [0.3, 0.4) is 0 Å². The molecule has 0 bridgehead atoms. The number of anilines is 1. The van der Waals surface area contributed by atoms with Crippen molar-refractivity contribution in [3.63, 3.8) is 0 Å². The van der Waals surface area contributed by atoms with E-state index in [1.54, 1.807) is 41.6 Å². The minimum absolute atomic E-state index is 0.201. The number of nitrogens with one attached hydrogen (secondary N) is 1. The summed E-state index contributed by atoms with van der Waals surface area (Å²) in [4.78, 5) is 19.8. The number of carbonyl (C=O) groups excluding carboxylic acids is 1. The third-order valence-corrected chi connectivity index (χ3v) is 2.46. The lowest BCUT2D eigenvalue weighted by Crippen LogP contribution is -2.35. The van der Waals surface area contributed by atoms with E-state index in [1.807, 2.05) is 0 Å². The molecule has 1 unspecified atom stereocenters. The van der Waals surface area contributed by atoms with E-state index < -0.39 is 6.04 Å². The summed E-state index contributed by atoms with van der Waals surface area (Å²) in [7, 11) is 0. The smallest absolute Gasteiger partial charge is 0.242 e. The summed E-state index contributed by atoms with van der Waals surface area (Å²) in [6.07, 6.45) is 11.9. The molecule has 0 saturated heterocycles. The van der Waals surface area contributed by atoms with Crippen molar-refractivity contribution >= 4 is 11.6 Å². The van der Waals surface area contributed by atoms with Gasteiger partial charge in [-0.05, 0) is 12.1 Å². The largest absolute Gasteiger partial charge is 0.323 e. The van der Waals surface area contributed by atoms with Crippen LogP contribution >= 0.6 is 0 Å². The van der Waals surface area contributed by atoms with Crippen LogP contribution in [0, 0.1) is 12.3 Å². The highest BCUT2D eigenvalue weighted by Gasteiger charge is 2.12. The van der Waals surface area contributed by atoms with Gasteiger partial charge in [0.15, 0.2) is 0 Å². The van der Waals surface area contributed by atoms with E-state index in [2.05, 4.69) is 21.2 Å².